The van der Waals surface area contributed by atoms with Crippen molar-refractivity contribution in [1.29, 1.82) is 0 Å². The lowest BCUT2D eigenvalue weighted by molar-refractivity contribution is -0.125. The molecule has 1 heterocycles. The lowest BCUT2D eigenvalue weighted by Gasteiger charge is -2.15. The predicted molar refractivity (Wildman–Crippen MR) is 52.9 cm³/mol. The predicted octanol–water partition coefficient (Wildman–Crippen LogP) is -0.120. The first-order valence-electron chi connectivity index (χ1n) is 4.94. The van der Waals surface area contributed by atoms with Gasteiger partial charge in [-0.15, -0.1) is 0 Å². The Morgan fingerprint density at radius 2 is 2.14 bits per heavy atom. The Balaban J connectivity index is 2.44. The topological polar surface area (TPSA) is 52.7 Å². The summed E-state index contributed by atoms with van der Waals surface area (Å²) in [7, 11) is 1.85. The summed E-state index contributed by atoms with van der Waals surface area (Å²) in [6, 6.07) is -0.145. The van der Waals surface area contributed by atoms with Crippen LogP contribution in [0.15, 0.2) is 0 Å². The van der Waals surface area contributed by atoms with Crippen molar-refractivity contribution in [2.45, 2.75) is 13.3 Å². The van der Waals surface area contributed by atoms with Crippen molar-refractivity contribution in [1.82, 2.24) is 15.1 Å². The zero-order valence-electron chi connectivity index (χ0n) is 8.75. The lowest BCUT2D eigenvalue weighted by atomic mass is 10.4. The van der Waals surface area contributed by atoms with Crippen molar-refractivity contribution in [2.24, 2.45) is 0 Å². The van der Waals surface area contributed by atoms with Gasteiger partial charge in [-0.3, -0.25) is 9.69 Å². The molecule has 0 bridgehead atoms. The SMILES string of the molecule is CCN1CC(=O)N(CCCNC)C1=O. The van der Waals surface area contributed by atoms with E-state index in [4.69, 9.17) is 0 Å². The smallest absolute Gasteiger partial charge is 0.320 e. The molecule has 1 N–H and O–H groups in total. The Kier molecular flexibility index (Phi) is 3.88. The molecule has 1 fully saturated rings. The molecule has 0 aromatic heterocycles. The van der Waals surface area contributed by atoms with Crippen molar-refractivity contribution >= 4 is 11.9 Å². The van der Waals surface area contributed by atoms with Crippen LogP contribution in [0.1, 0.15) is 13.3 Å². The van der Waals surface area contributed by atoms with E-state index in [1.165, 1.54) is 4.90 Å². The van der Waals surface area contributed by atoms with Gasteiger partial charge in [0.1, 0.15) is 6.54 Å². The highest BCUT2D eigenvalue weighted by atomic mass is 16.2. The number of hydrogen-bond donors (Lipinski definition) is 1. The lowest BCUT2D eigenvalue weighted by Crippen LogP contribution is -2.34. The number of likely N-dealkylation sites (N-methyl/N-ethyl adjacent to an activating group) is 1. The number of nitrogens with one attached hydrogen (secondary N) is 1. The number of carbonyl (C=O) groups excluding carboxylic acids is 2. The zero-order chi connectivity index (χ0) is 10.6. The molecule has 1 saturated heterocycles. The summed E-state index contributed by atoms with van der Waals surface area (Å²) in [5.41, 5.74) is 0. The van der Waals surface area contributed by atoms with Crippen molar-refractivity contribution in [3.8, 4) is 0 Å². The van der Waals surface area contributed by atoms with Gasteiger partial charge in [-0.2, -0.15) is 0 Å². The highest BCUT2D eigenvalue weighted by Gasteiger charge is 2.33. The molecule has 0 radical (unpaired) electrons. The average molecular weight is 199 g/mol. The van der Waals surface area contributed by atoms with Gasteiger partial charge in [0.25, 0.3) is 0 Å². The summed E-state index contributed by atoms with van der Waals surface area (Å²) in [6.07, 6.45) is 0.811. The maximum Gasteiger partial charge on any atom is 0.327 e. The molecule has 0 atom stereocenters. The molecule has 14 heavy (non-hydrogen) atoms. The Morgan fingerprint density at radius 1 is 1.43 bits per heavy atom. The monoisotopic (exact) mass is 199 g/mol. The van der Waals surface area contributed by atoms with Gasteiger partial charge < -0.3 is 10.2 Å². The van der Waals surface area contributed by atoms with E-state index in [1.807, 2.05) is 14.0 Å². The van der Waals surface area contributed by atoms with E-state index in [9.17, 15) is 9.59 Å². The highest BCUT2D eigenvalue weighted by molar-refractivity contribution is 6.01. The first-order chi connectivity index (χ1) is 6.70. The second kappa shape index (κ2) is 4.95. The van der Waals surface area contributed by atoms with E-state index >= 15 is 0 Å². The van der Waals surface area contributed by atoms with Crippen LogP contribution in [-0.2, 0) is 4.79 Å². The van der Waals surface area contributed by atoms with E-state index in [-0.39, 0.29) is 18.5 Å². The maximum atomic E-state index is 11.6. The molecule has 3 amide bonds. The number of amides is 3. The summed E-state index contributed by atoms with van der Waals surface area (Å²) in [6.45, 7) is 4.07. The van der Waals surface area contributed by atoms with E-state index in [0.717, 1.165) is 13.0 Å². The van der Waals surface area contributed by atoms with Crippen LogP contribution in [0.2, 0.25) is 0 Å². The molecule has 0 aromatic carbocycles. The Bertz CT molecular complexity index is 230. The van der Waals surface area contributed by atoms with Gasteiger partial charge in [-0.25, -0.2) is 4.79 Å². The molecule has 0 spiro atoms. The summed E-state index contributed by atoms with van der Waals surface area (Å²) < 4.78 is 0. The summed E-state index contributed by atoms with van der Waals surface area (Å²) in [5.74, 6) is -0.0760. The quantitative estimate of drug-likeness (QED) is 0.496. The fourth-order valence-electron chi connectivity index (χ4n) is 1.48. The number of rotatable bonds is 5. The normalized spacial score (nSPS) is 17.0. The second-order valence-corrected chi connectivity index (χ2v) is 3.30. The number of carbonyl (C=O) groups is 2. The molecular weight excluding hydrogens is 182 g/mol. The summed E-state index contributed by atoms with van der Waals surface area (Å²) >= 11 is 0. The molecule has 1 aliphatic rings. The van der Waals surface area contributed by atoms with Crippen LogP contribution in [0, 0.1) is 0 Å². The van der Waals surface area contributed by atoms with Gasteiger partial charge in [-0.1, -0.05) is 0 Å². The second-order valence-electron chi connectivity index (χ2n) is 3.30. The van der Waals surface area contributed by atoms with Crippen LogP contribution in [0.4, 0.5) is 4.79 Å². The standard InChI is InChI=1S/C9H17N3O2/c1-3-11-7-8(13)12(9(11)14)6-4-5-10-2/h10H,3-7H2,1-2H3. The number of nitrogens with zero attached hydrogens (tertiary/aromatic N) is 2. The first-order valence-corrected chi connectivity index (χ1v) is 4.94. The molecule has 0 aliphatic carbocycles. The summed E-state index contributed by atoms with van der Waals surface area (Å²) in [4.78, 5) is 25.8. The van der Waals surface area contributed by atoms with E-state index in [0.29, 0.717) is 13.1 Å². The molecule has 0 aromatic rings. The third-order valence-electron chi connectivity index (χ3n) is 2.32. The molecule has 80 valence electrons. The Morgan fingerprint density at radius 3 is 2.64 bits per heavy atom. The van der Waals surface area contributed by atoms with E-state index < -0.39 is 0 Å². The van der Waals surface area contributed by atoms with E-state index in [2.05, 4.69) is 5.32 Å². The van der Waals surface area contributed by atoms with Crippen LogP contribution < -0.4 is 5.32 Å². The molecule has 5 heteroatoms. The Labute approximate surface area is 84.0 Å². The average Bonchev–Trinajstić information content (AvgIpc) is 2.45. The minimum absolute atomic E-state index is 0.0760. The minimum atomic E-state index is -0.145. The van der Waals surface area contributed by atoms with E-state index in [1.54, 1.807) is 4.90 Å². The molecule has 5 nitrogen and oxygen atoms in total. The van der Waals surface area contributed by atoms with Gasteiger partial charge in [0.2, 0.25) is 5.91 Å². The fourth-order valence-corrected chi connectivity index (χ4v) is 1.48. The highest BCUT2D eigenvalue weighted by Crippen LogP contribution is 2.09. The van der Waals surface area contributed by atoms with Crippen LogP contribution in [0.3, 0.4) is 0 Å². The van der Waals surface area contributed by atoms with Crippen LogP contribution >= 0.6 is 0 Å². The third-order valence-corrected chi connectivity index (χ3v) is 2.32. The van der Waals surface area contributed by atoms with Gasteiger partial charge in [0.05, 0.1) is 0 Å². The van der Waals surface area contributed by atoms with Crippen molar-refractivity contribution < 1.29 is 9.59 Å². The molecule has 0 saturated carbocycles. The maximum absolute atomic E-state index is 11.6. The number of urea groups is 1. The third kappa shape index (κ3) is 2.23. The van der Waals surface area contributed by atoms with Gasteiger partial charge in [0, 0.05) is 13.1 Å². The fraction of sp³-hybridized carbons (Fsp3) is 0.778. The van der Waals surface area contributed by atoms with Crippen molar-refractivity contribution in [3.05, 3.63) is 0 Å². The molecule has 1 rings (SSSR count). The van der Waals surface area contributed by atoms with Gasteiger partial charge >= 0.3 is 6.03 Å². The molecule has 0 unspecified atom stereocenters. The van der Waals surface area contributed by atoms with Crippen molar-refractivity contribution in [3.63, 3.8) is 0 Å². The minimum Gasteiger partial charge on any atom is -0.320 e. The van der Waals surface area contributed by atoms with Gasteiger partial charge in [0.15, 0.2) is 0 Å². The number of hydrogen-bond acceptors (Lipinski definition) is 3. The van der Waals surface area contributed by atoms with Crippen LogP contribution in [0.5, 0.6) is 0 Å². The molecule has 1 aliphatic heterocycles. The van der Waals surface area contributed by atoms with Crippen LogP contribution in [-0.4, -0.2) is 55.0 Å². The first kappa shape index (κ1) is 11.0. The Hall–Kier alpha value is -1.10. The zero-order valence-corrected chi connectivity index (χ0v) is 8.75. The van der Waals surface area contributed by atoms with Gasteiger partial charge in [-0.05, 0) is 26.9 Å². The van der Waals surface area contributed by atoms with Crippen molar-refractivity contribution in [2.75, 3.05) is 33.2 Å². The van der Waals surface area contributed by atoms with Crippen LogP contribution in [0.25, 0.3) is 0 Å². The number of imide groups is 1. The molecular formula is C9H17N3O2. The summed E-state index contributed by atoms with van der Waals surface area (Å²) in [5, 5.41) is 2.98. The largest absolute Gasteiger partial charge is 0.327 e.